The topological polar surface area (TPSA) is 32.9 Å². The van der Waals surface area contributed by atoms with Crippen LogP contribution >= 0.6 is 15.9 Å². The van der Waals surface area contributed by atoms with Gasteiger partial charge in [-0.1, -0.05) is 71.4 Å². The molecule has 0 fully saturated rings. The van der Waals surface area contributed by atoms with E-state index in [1.54, 1.807) is 0 Å². The molecule has 21 heavy (non-hydrogen) atoms. The molecule has 0 bridgehead atoms. The molecule has 3 heteroatoms. The fourth-order valence-electron chi connectivity index (χ4n) is 2.56. The fraction of sp³-hybridized carbons (Fsp3) is 0.167. The number of rotatable bonds is 4. The van der Waals surface area contributed by atoms with Gasteiger partial charge in [-0.3, -0.25) is 4.79 Å². The van der Waals surface area contributed by atoms with E-state index in [9.17, 15) is 4.79 Å². The summed E-state index contributed by atoms with van der Waals surface area (Å²) in [7, 11) is 0. The third-order valence-electron chi connectivity index (χ3n) is 3.66. The minimum atomic E-state index is -0.154. The molecule has 1 atom stereocenters. The molecule has 1 N–H and O–H groups in total. The number of hydrogen-bond donors (Lipinski definition) is 1. The standard InChI is InChI=1S/C18H16BrNO/c1-2-14(19)18(21)16-13-10-6-7-11-15(13)20-17(16)12-8-4-3-5-9-12/h3-11,14,20H,2H2,1H3. The van der Waals surface area contributed by atoms with Gasteiger partial charge in [-0.25, -0.2) is 0 Å². The summed E-state index contributed by atoms with van der Waals surface area (Å²) < 4.78 is 0. The molecular weight excluding hydrogens is 326 g/mol. The Kier molecular flexibility index (Phi) is 3.93. The van der Waals surface area contributed by atoms with Gasteiger partial charge in [0, 0.05) is 10.9 Å². The van der Waals surface area contributed by atoms with Crippen LogP contribution in [0.3, 0.4) is 0 Å². The molecule has 1 unspecified atom stereocenters. The predicted octanol–water partition coefficient (Wildman–Crippen LogP) is 5.19. The van der Waals surface area contributed by atoms with Gasteiger partial charge in [0.2, 0.25) is 0 Å². The second kappa shape index (κ2) is 5.86. The summed E-state index contributed by atoms with van der Waals surface area (Å²) in [5.41, 5.74) is 3.71. The van der Waals surface area contributed by atoms with Gasteiger partial charge >= 0.3 is 0 Å². The maximum Gasteiger partial charge on any atom is 0.179 e. The molecule has 0 radical (unpaired) electrons. The number of Topliss-reactive ketones (excluding diaryl/α,β-unsaturated/α-hetero) is 1. The van der Waals surface area contributed by atoms with Gasteiger partial charge in [-0.15, -0.1) is 0 Å². The molecule has 106 valence electrons. The van der Waals surface area contributed by atoms with Crippen LogP contribution < -0.4 is 0 Å². The van der Waals surface area contributed by atoms with Crippen molar-refractivity contribution in [3.63, 3.8) is 0 Å². The lowest BCUT2D eigenvalue weighted by molar-refractivity contribution is 0.0992. The van der Waals surface area contributed by atoms with E-state index in [4.69, 9.17) is 0 Å². The summed E-state index contributed by atoms with van der Waals surface area (Å²) in [5.74, 6) is 0.133. The minimum absolute atomic E-state index is 0.133. The van der Waals surface area contributed by atoms with Gasteiger partial charge < -0.3 is 4.98 Å². The SMILES string of the molecule is CCC(Br)C(=O)c1c(-c2ccccc2)[nH]c2ccccc12. The van der Waals surface area contributed by atoms with Crippen molar-refractivity contribution in [2.75, 3.05) is 0 Å². The molecule has 1 heterocycles. The summed E-state index contributed by atoms with van der Waals surface area (Å²) in [6.07, 6.45) is 0.770. The molecule has 0 saturated heterocycles. The number of carbonyl (C=O) groups excluding carboxylic acids is 1. The van der Waals surface area contributed by atoms with Gasteiger partial charge in [0.1, 0.15) is 0 Å². The average Bonchev–Trinajstić information content (AvgIpc) is 2.93. The summed E-state index contributed by atoms with van der Waals surface area (Å²) in [6.45, 7) is 2.01. The highest BCUT2D eigenvalue weighted by atomic mass is 79.9. The number of carbonyl (C=O) groups is 1. The smallest absolute Gasteiger partial charge is 0.179 e. The molecular formula is C18H16BrNO. The van der Waals surface area contributed by atoms with Crippen molar-refractivity contribution in [1.29, 1.82) is 0 Å². The normalized spacial score (nSPS) is 12.5. The Hall–Kier alpha value is -1.87. The Morgan fingerprint density at radius 2 is 1.76 bits per heavy atom. The molecule has 2 aromatic carbocycles. The molecule has 1 aromatic heterocycles. The summed E-state index contributed by atoms with van der Waals surface area (Å²) in [4.78, 5) is 16.0. The molecule has 3 aromatic rings. The molecule has 0 aliphatic carbocycles. The number of nitrogens with one attached hydrogen (secondary N) is 1. The minimum Gasteiger partial charge on any atom is -0.354 e. The van der Waals surface area contributed by atoms with E-state index >= 15 is 0 Å². The fourth-order valence-corrected chi connectivity index (χ4v) is 2.79. The molecule has 2 nitrogen and oxygen atoms in total. The van der Waals surface area contributed by atoms with Crippen LogP contribution in [-0.2, 0) is 0 Å². The number of fused-ring (bicyclic) bond motifs is 1. The van der Waals surface area contributed by atoms with Crippen LogP contribution in [-0.4, -0.2) is 15.6 Å². The third-order valence-corrected chi connectivity index (χ3v) is 4.72. The van der Waals surface area contributed by atoms with Gasteiger partial charge in [0.05, 0.1) is 16.1 Å². The highest BCUT2D eigenvalue weighted by Gasteiger charge is 2.23. The zero-order chi connectivity index (χ0) is 14.8. The Labute approximate surface area is 132 Å². The first kappa shape index (κ1) is 14.1. The zero-order valence-electron chi connectivity index (χ0n) is 11.8. The number of benzene rings is 2. The molecule has 0 aliphatic rings. The highest BCUT2D eigenvalue weighted by molar-refractivity contribution is 9.10. The highest BCUT2D eigenvalue weighted by Crippen LogP contribution is 2.32. The van der Waals surface area contributed by atoms with Crippen molar-refractivity contribution in [1.82, 2.24) is 4.98 Å². The largest absolute Gasteiger partial charge is 0.354 e. The maximum atomic E-state index is 12.8. The van der Waals surface area contributed by atoms with Crippen LogP contribution in [0.5, 0.6) is 0 Å². The molecule has 0 spiro atoms. The lowest BCUT2D eigenvalue weighted by Crippen LogP contribution is -2.13. The first-order chi connectivity index (χ1) is 10.2. The van der Waals surface area contributed by atoms with E-state index in [2.05, 4.69) is 20.9 Å². The van der Waals surface area contributed by atoms with Crippen LogP contribution in [0.15, 0.2) is 54.6 Å². The number of aromatic nitrogens is 1. The summed E-state index contributed by atoms with van der Waals surface area (Å²) >= 11 is 3.49. The number of para-hydroxylation sites is 1. The first-order valence-electron chi connectivity index (χ1n) is 7.06. The molecule has 0 saturated carbocycles. The van der Waals surface area contributed by atoms with Gasteiger partial charge in [-0.05, 0) is 18.1 Å². The number of halogens is 1. The number of aromatic amines is 1. The second-order valence-corrected chi connectivity index (χ2v) is 6.13. The van der Waals surface area contributed by atoms with E-state index in [0.717, 1.165) is 34.1 Å². The second-order valence-electron chi connectivity index (χ2n) is 5.03. The van der Waals surface area contributed by atoms with Crippen molar-refractivity contribution in [3.05, 3.63) is 60.2 Å². The lowest BCUT2D eigenvalue weighted by atomic mass is 9.99. The van der Waals surface area contributed by atoms with Gasteiger partial charge in [-0.2, -0.15) is 0 Å². The molecule has 3 rings (SSSR count). The van der Waals surface area contributed by atoms with E-state index < -0.39 is 0 Å². The number of alkyl halides is 1. The van der Waals surface area contributed by atoms with Crippen LogP contribution in [0.2, 0.25) is 0 Å². The van der Waals surface area contributed by atoms with Crippen molar-refractivity contribution in [3.8, 4) is 11.3 Å². The van der Waals surface area contributed by atoms with Gasteiger partial charge in [0.25, 0.3) is 0 Å². The quantitative estimate of drug-likeness (QED) is 0.514. The van der Waals surface area contributed by atoms with E-state index in [1.165, 1.54) is 0 Å². The van der Waals surface area contributed by atoms with Crippen molar-refractivity contribution in [2.45, 2.75) is 18.2 Å². The number of H-pyrrole nitrogens is 1. The van der Waals surface area contributed by atoms with Crippen molar-refractivity contribution >= 4 is 32.6 Å². The van der Waals surface area contributed by atoms with Crippen LogP contribution in [0, 0.1) is 0 Å². The Balaban J connectivity index is 2.27. The average molecular weight is 342 g/mol. The third kappa shape index (κ3) is 2.54. The lowest BCUT2D eigenvalue weighted by Gasteiger charge is -2.08. The Bertz CT molecular complexity index is 776. The Morgan fingerprint density at radius 3 is 2.48 bits per heavy atom. The summed E-state index contributed by atoms with van der Waals surface area (Å²) in [5, 5.41) is 0.985. The Morgan fingerprint density at radius 1 is 1.10 bits per heavy atom. The maximum absolute atomic E-state index is 12.8. The van der Waals surface area contributed by atoms with Gasteiger partial charge in [0.15, 0.2) is 5.78 Å². The first-order valence-corrected chi connectivity index (χ1v) is 7.98. The molecule has 0 amide bonds. The van der Waals surface area contributed by atoms with E-state index in [1.807, 2.05) is 61.5 Å². The summed E-state index contributed by atoms with van der Waals surface area (Å²) in [6, 6.07) is 18.0. The number of ketones is 1. The predicted molar refractivity (Wildman–Crippen MR) is 91.1 cm³/mol. The zero-order valence-corrected chi connectivity index (χ0v) is 13.4. The van der Waals surface area contributed by atoms with Crippen molar-refractivity contribution < 1.29 is 4.79 Å². The van der Waals surface area contributed by atoms with E-state index in [0.29, 0.717) is 0 Å². The van der Waals surface area contributed by atoms with E-state index in [-0.39, 0.29) is 10.6 Å². The van der Waals surface area contributed by atoms with Crippen molar-refractivity contribution in [2.24, 2.45) is 0 Å². The molecule has 0 aliphatic heterocycles. The monoisotopic (exact) mass is 341 g/mol. The van der Waals surface area contributed by atoms with Crippen LogP contribution in [0.25, 0.3) is 22.2 Å². The number of hydrogen-bond acceptors (Lipinski definition) is 1. The van der Waals surface area contributed by atoms with Crippen LogP contribution in [0.4, 0.5) is 0 Å². The van der Waals surface area contributed by atoms with Crippen LogP contribution in [0.1, 0.15) is 23.7 Å².